The van der Waals surface area contributed by atoms with Gasteiger partial charge in [-0.15, -0.1) is 0 Å². The van der Waals surface area contributed by atoms with Crippen molar-refractivity contribution in [1.29, 1.82) is 0 Å². The molecule has 0 fully saturated rings. The summed E-state index contributed by atoms with van der Waals surface area (Å²) in [4.78, 5) is 3.79. The number of nitrogens with one attached hydrogen (secondary N) is 1. The van der Waals surface area contributed by atoms with Gasteiger partial charge in [0.1, 0.15) is 0 Å². The minimum absolute atomic E-state index is 0.451. The second kappa shape index (κ2) is 3.40. The smallest absolute Gasteiger partial charge is 0.229 e. The van der Waals surface area contributed by atoms with Gasteiger partial charge in [-0.25, -0.2) is 8.42 Å². The highest BCUT2D eigenvalue weighted by Gasteiger charge is 2.01. The summed E-state index contributed by atoms with van der Waals surface area (Å²) in [6, 6.07) is 1.63. The monoisotopic (exact) mass is 250 g/mol. The van der Waals surface area contributed by atoms with Crippen LogP contribution in [0.1, 0.15) is 0 Å². The van der Waals surface area contributed by atoms with Crippen LogP contribution < -0.4 is 4.72 Å². The van der Waals surface area contributed by atoms with Crippen LogP contribution >= 0.6 is 15.9 Å². The largest absolute Gasteiger partial charge is 0.282 e. The van der Waals surface area contributed by atoms with Crippen molar-refractivity contribution < 1.29 is 8.42 Å². The fourth-order valence-corrected chi connectivity index (χ4v) is 1.59. The van der Waals surface area contributed by atoms with E-state index in [4.69, 9.17) is 0 Å². The van der Waals surface area contributed by atoms with Gasteiger partial charge >= 0.3 is 0 Å². The minimum atomic E-state index is -3.20. The third kappa shape index (κ3) is 3.19. The Morgan fingerprint density at radius 1 is 1.50 bits per heavy atom. The lowest BCUT2D eigenvalue weighted by Crippen LogP contribution is -2.09. The molecule has 0 unspecified atom stereocenters. The van der Waals surface area contributed by atoms with E-state index in [0.29, 0.717) is 5.69 Å². The molecule has 0 aliphatic rings. The molecule has 1 N–H and O–H groups in total. The second-order valence-electron chi connectivity index (χ2n) is 2.27. The molecule has 0 aliphatic heterocycles. The van der Waals surface area contributed by atoms with E-state index in [1.54, 1.807) is 12.3 Å². The predicted molar refractivity (Wildman–Crippen MR) is 50.4 cm³/mol. The Labute approximate surface area is 79.2 Å². The predicted octanol–water partition coefficient (Wildman–Crippen LogP) is 1.22. The lowest BCUT2D eigenvalue weighted by molar-refractivity contribution is 0.607. The fraction of sp³-hybridized carbons (Fsp3) is 0.167. The molecular formula is C6H7BrN2O2S. The normalized spacial score (nSPS) is 11.2. The van der Waals surface area contributed by atoms with Crippen LogP contribution in [0.3, 0.4) is 0 Å². The summed E-state index contributed by atoms with van der Waals surface area (Å²) < 4.78 is 24.5. The molecular weight excluding hydrogens is 244 g/mol. The zero-order chi connectivity index (χ0) is 9.19. The zero-order valence-corrected chi connectivity index (χ0v) is 8.68. The van der Waals surface area contributed by atoms with Crippen molar-refractivity contribution in [3.63, 3.8) is 0 Å². The van der Waals surface area contributed by atoms with Gasteiger partial charge in [0.05, 0.1) is 18.1 Å². The van der Waals surface area contributed by atoms with Gasteiger partial charge in [0, 0.05) is 10.7 Å². The summed E-state index contributed by atoms with van der Waals surface area (Å²) in [7, 11) is -3.20. The highest BCUT2D eigenvalue weighted by atomic mass is 79.9. The number of pyridine rings is 1. The molecule has 4 nitrogen and oxygen atoms in total. The third-order valence-electron chi connectivity index (χ3n) is 1.01. The zero-order valence-electron chi connectivity index (χ0n) is 6.28. The molecule has 0 spiro atoms. The summed E-state index contributed by atoms with van der Waals surface area (Å²) in [6.07, 6.45) is 4.10. The summed E-state index contributed by atoms with van der Waals surface area (Å²) in [6.45, 7) is 0. The van der Waals surface area contributed by atoms with E-state index in [9.17, 15) is 8.42 Å². The quantitative estimate of drug-likeness (QED) is 0.859. The maximum absolute atomic E-state index is 10.8. The molecule has 66 valence electrons. The van der Waals surface area contributed by atoms with Gasteiger partial charge in [-0.2, -0.15) is 0 Å². The molecule has 0 saturated carbocycles. The summed E-state index contributed by atoms with van der Waals surface area (Å²) in [5, 5.41) is 0. The Balaban J connectivity index is 2.91. The van der Waals surface area contributed by atoms with E-state index in [-0.39, 0.29) is 0 Å². The average molecular weight is 251 g/mol. The lowest BCUT2D eigenvalue weighted by atomic mass is 10.4. The van der Waals surface area contributed by atoms with E-state index < -0.39 is 10.0 Å². The molecule has 0 atom stereocenters. The summed E-state index contributed by atoms with van der Waals surface area (Å²) >= 11 is 3.17. The summed E-state index contributed by atoms with van der Waals surface area (Å²) in [5.41, 5.74) is 0.451. The standard InChI is InChI=1S/C6H7BrN2O2S/c1-12(10,11)9-6-2-5(7)3-8-4-6/h2-4,9H,1H3. The first-order valence-corrected chi connectivity index (χ1v) is 5.74. The number of sulfonamides is 1. The molecule has 0 saturated heterocycles. The molecule has 0 aromatic carbocycles. The highest BCUT2D eigenvalue weighted by Crippen LogP contribution is 2.14. The second-order valence-corrected chi connectivity index (χ2v) is 4.93. The molecule has 0 radical (unpaired) electrons. The SMILES string of the molecule is CS(=O)(=O)Nc1cncc(Br)c1. The Bertz CT molecular complexity index is 377. The molecule has 0 amide bonds. The van der Waals surface area contributed by atoms with Crippen molar-refractivity contribution >= 4 is 31.6 Å². The van der Waals surface area contributed by atoms with Gasteiger partial charge in [0.15, 0.2) is 0 Å². The molecule has 1 heterocycles. The molecule has 1 aromatic rings. The summed E-state index contributed by atoms with van der Waals surface area (Å²) in [5.74, 6) is 0. The number of halogens is 1. The van der Waals surface area contributed by atoms with Crippen molar-refractivity contribution in [2.45, 2.75) is 0 Å². The maximum atomic E-state index is 10.8. The minimum Gasteiger partial charge on any atom is -0.282 e. The van der Waals surface area contributed by atoms with E-state index in [2.05, 4.69) is 25.6 Å². The van der Waals surface area contributed by atoms with Crippen LogP contribution in [-0.2, 0) is 10.0 Å². The third-order valence-corrected chi connectivity index (χ3v) is 2.05. The Morgan fingerprint density at radius 3 is 2.67 bits per heavy atom. The number of nitrogens with zero attached hydrogens (tertiary/aromatic N) is 1. The number of hydrogen-bond donors (Lipinski definition) is 1. The van der Waals surface area contributed by atoms with Crippen LogP contribution in [-0.4, -0.2) is 19.7 Å². The van der Waals surface area contributed by atoms with Crippen LogP contribution in [0.4, 0.5) is 5.69 Å². The van der Waals surface area contributed by atoms with Crippen LogP contribution in [0.15, 0.2) is 22.9 Å². The van der Waals surface area contributed by atoms with Gasteiger partial charge < -0.3 is 0 Å². The van der Waals surface area contributed by atoms with Gasteiger partial charge in [0.25, 0.3) is 0 Å². The van der Waals surface area contributed by atoms with Gasteiger partial charge in [-0.1, -0.05) is 0 Å². The maximum Gasteiger partial charge on any atom is 0.229 e. The number of aromatic nitrogens is 1. The van der Waals surface area contributed by atoms with Crippen molar-refractivity contribution in [3.05, 3.63) is 22.9 Å². The first kappa shape index (κ1) is 9.47. The Hall–Kier alpha value is -0.620. The van der Waals surface area contributed by atoms with Crippen molar-refractivity contribution in [2.75, 3.05) is 11.0 Å². The van der Waals surface area contributed by atoms with Gasteiger partial charge in [-0.05, 0) is 22.0 Å². The van der Waals surface area contributed by atoms with Crippen LogP contribution in [0.2, 0.25) is 0 Å². The number of anilines is 1. The van der Waals surface area contributed by atoms with E-state index in [1.165, 1.54) is 6.20 Å². The van der Waals surface area contributed by atoms with Gasteiger partial charge in [-0.3, -0.25) is 9.71 Å². The van der Waals surface area contributed by atoms with Crippen molar-refractivity contribution in [1.82, 2.24) is 4.98 Å². The average Bonchev–Trinajstić information content (AvgIpc) is 1.82. The molecule has 1 rings (SSSR count). The molecule has 1 aromatic heterocycles. The number of hydrogen-bond acceptors (Lipinski definition) is 3. The first-order chi connectivity index (χ1) is 5.47. The highest BCUT2D eigenvalue weighted by molar-refractivity contribution is 9.10. The van der Waals surface area contributed by atoms with E-state index in [0.717, 1.165) is 10.7 Å². The van der Waals surface area contributed by atoms with Crippen LogP contribution in [0, 0.1) is 0 Å². The molecule has 0 aliphatic carbocycles. The van der Waals surface area contributed by atoms with Crippen LogP contribution in [0.5, 0.6) is 0 Å². The molecule has 6 heteroatoms. The lowest BCUT2D eigenvalue weighted by Gasteiger charge is -2.01. The molecule has 0 bridgehead atoms. The van der Waals surface area contributed by atoms with E-state index in [1.807, 2.05) is 0 Å². The topological polar surface area (TPSA) is 59.1 Å². The first-order valence-electron chi connectivity index (χ1n) is 3.06. The van der Waals surface area contributed by atoms with Gasteiger partial charge in [0.2, 0.25) is 10.0 Å². The van der Waals surface area contributed by atoms with Crippen molar-refractivity contribution in [3.8, 4) is 0 Å². The molecule has 12 heavy (non-hydrogen) atoms. The fourth-order valence-electron chi connectivity index (χ4n) is 0.682. The van der Waals surface area contributed by atoms with Crippen LogP contribution in [0.25, 0.3) is 0 Å². The Kier molecular flexibility index (Phi) is 2.69. The Morgan fingerprint density at radius 2 is 2.17 bits per heavy atom. The van der Waals surface area contributed by atoms with E-state index >= 15 is 0 Å². The number of rotatable bonds is 2. The van der Waals surface area contributed by atoms with Crippen molar-refractivity contribution in [2.24, 2.45) is 0 Å².